The number of rotatable bonds is 5. The summed E-state index contributed by atoms with van der Waals surface area (Å²) < 4.78 is 2.64. The molecule has 0 radical (unpaired) electrons. The number of hydrogen-bond acceptors (Lipinski definition) is 2. The third kappa shape index (κ3) is 5.41. The molecule has 1 aromatic heterocycles. The van der Waals surface area contributed by atoms with Crippen LogP contribution in [0.2, 0.25) is 0 Å². The van der Waals surface area contributed by atoms with Crippen LogP contribution >= 0.6 is 11.3 Å². The van der Waals surface area contributed by atoms with Crippen molar-refractivity contribution in [2.45, 2.75) is 19.3 Å². The Morgan fingerprint density at radius 2 is 0.889 bits per heavy atom. The van der Waals surface area contributed by atoms with Gasteiger partial charge in [0.15, 0.2) is 0 Å². The Morgan fingerprint density at radius 3 is 1.67 bits per heavy atom. The summed E-state index contributed by atoms with van der Waals surface area (Å²) in [5.74, 6) is 0. The van der Waals surface area contributed by atoms with Gasteiger partial charge in [0, 0.05) is 42.5 Å². The maximum atomic E-state index is 2.53. The maximum Gasteiger partial charge on any atom is 0.0546 e. The first-order valence-electron chi connectivity index (χ1n) is 21.9. The molecule has 1 aliphatic rings. The van der Waals surface area contributed by atoms with E-state index in [1.54, 1.807) is 0 Å². The highest BCUT2D eigenvalue weighted by molar-refractivity contribution is 7.25. The first-order chi connectivity index (χ1) is 31.0. The van der Waals surface area contributed by atoms with E-state index in [0.29, 0.717) is 0 Å². The molecule has 63 heavy (non-hydrogen) atoms. The number of thiophene rings is 1. The topological polar surface area (TPSA) is 3.24 Å². The summed E-state index contributed by atoms with van der Waals surface area (Å²) >= 11 is 1.87. The van der Waals surface area contributed by atoms with E-state index < -0.39 is 0 Å². The molecular formula is C61H41NS. The Morgan fingerprint density at radius 1 is 0.349 bits per heavy atom. The van der Waals surface area contributed by atoms with Crippen molar-refractivity contribution in [3.05, 3.63) is 223 Å². The van der Waals surface area contributed by atoms with Gasteiger partial charge in [-0.2, -0.15) is 0 Å². The van der Waals surface area contributed by atoms with Crippen molar-refractivity contribution in [2.24, 2.45) is 0 Å². The summed E-state index contributed by atoms with van der Waals surface area (Å²) in [7, 11) is 0. The minimum atomic E-state index is -0.156. The summed E-state index contributed by atoms with van der Waals surface area (Å²) in [6, 6.07) is 79.4. The normalized spacial score (nSPS) is 13.0. The van der Waals surface area contributed by atoms with Gasteiger partial charge in [-0.05, 0) is 131 Å². The summed E-state index contributed by atoms with van der Waals surface area (Å²) in [4.78, 5) is 2.53. The molecule has 0 amide bonds. The van der Waals surface area contributed by atoms with Gasteiger partial charge in [-0.1, -0.05) is 178 Å². The van der Waals surface area contributed by atoms with Crippen molar-refractivity contribution in [3.63, 3.8) is 0 Å². The SMILES string of the molecule is CC1(C)c2ccccc2-c2ccc(N(c3ccc(-c4cccc5sc6ccccc6c45)cc3)c3cc4c5ccccc5c5ccccc5c4cc3-c3cccc4ccccc34)cc21. The molecule has 1 aliphatic carbocycles. The van der Waals surface area contributed by atoms with E-state index in [4.69, 9.17) is 0 Å². The second-order valence-electron chi connectivity index (χ2n) is 17.6. The molecule has 0 fully saturated rings. The van der Waals surface area contributed by atoms with Crippen LogP contribution in [0.3, 0.4) is 0 Å². The predicted molar refractivity (Wildman–Crippen MR) is 272 cm³/mol. The molecule has 1 nitrogen and oxygen atoms in total. The summed E-state index contributed by atoms with van der Waals surface area (Å²) in [6.45, 7) is 4.76. The lowest BCUT2D eigenvalue weighted by atomic mass is 9.82. The zero-order valence-corrected chi connectivity index (χ0v) is 35.9. The van der Waals surface area contributed by atoms with Gasteiger partial charge < -0.3 is 4.90 Å². The number of anilines is 3. The molecule has 0 bridgehead atoms. The Bertz CT molecular complexity index is 3830. The average molecular weight is 820 g/mol. The minimum absolute atomic E-state index is 0.156. The molecule has 2 heteroatoms. The molecular weight excluding hydrogens is 779 g/mol. The van der Waals surface area contributed by atoms with Crippen LogP contribution in [0.4, 0.5) is 17.1 Å². The molecule has 12 aromatic rings. The first-order valence-corrected chi connectivity index (χ1v) is 22.7. The van der Waals surface area contributed by atoms with Gasteiger partial charge in [-0.25, -0.2) is 0 Å². The molecule has 1 heterocycles. The zero-order valence-electron chi connectivity index (χ0n) is 35.1. The van der Waals surface area contributed by atoms with E-state index in [1.165, 1.54) is 108 Å². The number of nitrogens with zero attached hydrogens (tertiary/aromatic N) is 1. The van der Waals surface area contributed by atoms with E-state index >= 15 is 0 Å². The van der Waals surface area contributed by atoms with Crippen molar-refractivity contribution in [1.29, 1.82) is 0 Å². The van der Waals surface area contributed by atoms with E-state index in [0.717, 1.165) is 17.1 Å². The highest BCUT2D eigenvalue weighted by Crippen LogP contribution is 2.53. The van der Waals surface area contributed by atoms with Crippen LogP contribution in [0.1, 0.15) is 25.0 Å². The molecule has 13 rings (SSSR count). The van der Waals surface area contributed by atoms with Crippen molar-refractivity contribution in [2.75, 3.05) is 4.90 Å². The van der Waals surface area contributed by atoms with Crippen LogP contribution in [-0.4, -0.2) is 0 Å². The molecule has 0 atom stereocenters. The van der Waals surface area contributed by atoms with Crippen LogP contribution in [0.15, 0.2) is 212 Å². The van der Waals surface area contributed by atoms with Gasteiger partial charge in [0.05, 0.1) is 5.69 Å². The van der Waals surface area contributed by atoms with Crippen molar-refractivity contribution < 1.29 is 0 Å². The maximum absolute atomic E-state index is 2.53. The van der Waals surface area contributed by atoms with Crippen LogP contribution in [-0.2, 0) is 5.41 Å². The third-order valence-corrected chi connectivity index (χ3v) is 15.0. The van der Waals surface area contributed by atoms with Crippen LogP contribution in [0.5, 0.6) is 0 Å². The molecule has 0 unspecified atom stereocenters. The fourth-order valence-electron chi connectivity index (χ4n) is 10.9. The summed E-state index contributed by atoms with van der Waals surface area (Å²) in [5.41, 5.74) is 13.5. The quantitative estimate of drug-likeness (QED) is 0.156. The Labute approximate surface area is 370 Å². The second kappa shape index (κ2) is 13.7. The molecule has 0 spiro atoms. The third-order valence-electron chi connectivity index (χ3n) is 13.8. The number of benzene rings is 11. The lowest BCUT2D eigenvalue weighted by Gasteiger charge is -2.31. The van der Waals surface area contributed by atoms with Crippen molar-refractivity contribution in [3.8, 4) is 33.4 Å². The van der Waals surface area contributed by atoms with Crippen molar-refractivity contribution in [1.82, 2.24) is 0 Å². The minimum Gasteiger partial charge on any atom is -0.310 e. The van der Waals surface area contributed by atoms with Gasteiger partial charge >= 0.3 is 0 Å². The second-order valence-corrected chi connectivity index (χ2v) is 18.7. The largest absolute Gasteiger partial charge is 0.310 e. The summed E-state index contributed by atoms with van der Waals surface area (Å²) in [6.07, 6.45) is 0. The van der Waals surface area contributed by atoms with Gasteiger partial charge in [-0.15, -0.1) is 11.3 Å². The Kier molecular flexibility index (Phi) is 7.89. The molecule has 0 saturated carbocycles. The molecule has 0 N–H and O–H groups in total. The average Bonchev–Trinajstić information content (AvgIpc) is 3.83. The van der Waals surface area contributed by atoms with E-state index in [9.17, 15) is 0 Å². The van der Waals surface area contributed by atoms with Gasteiger partial charge in [0.2, 0.25) is 0 Å². The monoisotopic (exact) mass is 819 g/mol. The van der Waals surface area contributed by atoms with Crippen LogP contribution in [0.25, 0.3) is 96.6 Å². The number of hydrogen-bond donors (Lipinski definition) is 0. The highest BCUT2D eigenvalue weighted by atomic mass is 32.1. The standard InChI is InChI=1S/C61H41NS/c1-61(2)55-26-11-9-22-49(55)50-34-33-41(35-56(50)61)62(40-31-29-39(30-32-40)43-24-14-28-59-60(43)51-23-10-12-27-58(51)63-59)57-37-53-48-21-8-6-19-46(48)45-18-5-7-20-47(45)52(53)36-54(57)44-25-13-16-38-15-3-4-17-42(38)44/h3-37H,1-2H3. The zero-order chi connectivity index (χ0) is 41.8. The summed E-state index contributed by atoms with van der Waals surface area (Å²) in [5, 5.41) is 12.7. The fraction of sp³-hybridized carbons (Fsp3) is 0.0492. The Balaban J connectivity index is 1.11. The fourth-order valence-corrected chi connectivity index (χ4v) is 12.0. The Hall–Kier alpha value is -7.52. The first kappa shape index (κ1) is 36.2. The lowest BCUT2D eigenvalue weighted by Crippen LogP contribution is -2.17. The molecule has 296 valence electrons. The van der Waals surface area contributed by atoms with Gasteiger partial charge in [0.25, 0.3) is 0 Å². The molecule has 0 aliphatic heterocycles. The van der Waals surface area contributed by atoms with E-state index in [-0.39, 0.29) is 5.41 Å². The number of fused-ring (bicyclic) bond motifs is 13. The van der Waals surface area contributed by atoms with Crippen molar-refractivity contribution >= 4 is 91.7 Å². The van der Waals surface area contributed by atoms with Gasteiger partial charge in [-0.3, -0.25) is 0 Å². The van der Waals surface area contributed by atoms with Crippen LogP contribution in [0, 0.1) is 0 Å². The van der Waals surface area contributed by atoms with Gasteiger partial charge in [0.1, 0.15) is 0 Å². The van der Waals surface area contributed by atoms with Crippen LogP contribution < -0.4 is 4.90 Å². The smallest absolute Gasteiger partial charge is 0.0546 e. The van der Waals surface area contributed by atoms with E-state index in [1.807, 2.05) is 11.3 Å². The van der Waals surface area contributed by atoms with E-state index in [2.05, 4.69) is 231 Å². The lowest BCUT2D eigenvalue weighted by molar-refractivity contribution is 0.660. The highest BCUT2D eigenvalue weighted by Gasteiger charge is 2.36. The molecule has 0 saturated heterocycles. The predicted octanol–water partition coefficient (Wildman–Crippen LogP) is 17.8. The molecule has 11 aromatic carbocycles.